The minimum absolute atomic E-state index is 0.0580. The topological polar surface area (TPSA) is 63.4 Å². The van der Waals surface area contributed by atoms with Crippen molar-refractivity contribution in [3.63, 3.8) is 0 Å². The van der Waals surface area contributed by atoms with E-state index in [0.29, 0.717) is 6.42 Å². The monoisotopic (exact) mass is 386 g/mol. The number of sulfonamides is 1. The number of benzene rings is 1. The quantitative estimate of drug-likeness (QED) is 0.620. The second-order valence-electron chi connectivity index (χ2n) is 4.36. The molecule has 0 saturated heterocycles. The van der Waals surface area contributed by atoms with Crippen molar-refractivity contribution < 1.29 is 12.8 Å². The second kappa shape index (κ2) is 6.60. The number of nitrogens with zero attached hydrogens (tertiary/aromatic N) is 1. The van der Waals surface area contributed by atoms with Crippen LogP contribution in [0.5, 0.6) is 0 Å². The average Bonchev–Trinajstić information content (AvgIpc) is 2.40. The number of hydrogen-bond acceptors (Lipinski definition) is 3. The van der Waals surface area contributed by atoms with Gasteiger partial charge in [0, 0.05) is 12.6 Å². The Hall–Kier alpha value is -0.370. The zero-order valence-corrected chi connectivity index (χ0v) is 14.6. The van der Waals surface area contributed by atoms with Crippen molar-refractivity contribution in [2.45, 2.75) is 38.1 Å². The van der Waals surface area contributed by atoms with Crippen LogP contribution in [-0.4, -0.2) is 25.3 Å². The highest BCUT2D eigenvalue weighted by Gasteiger charge is 2.31. The maximum Gasteiger partial charge on any atom is 0.246 e. The molecule has 0 heterocycles. The molecular formula is C12H17BrClFN2O2S. The minimum atomic E-state index is -3.98. The lowest BCUT2D eigenvalue weighted by Gasteiger charge is -2.26. The van der Waals surface area contributed by atoms with Crippen LogP contribution in [0.15, 0.2) is 15.4 Å². The largest absolute Gasteiger partial charge is 0.395 e. The Labute approximate surface area is 132 Å². The van der Waals surface area contributed by atoms with E-state index in [9.17, 15) is 12.8 Å². The fraction of sp³-hybridized carbons (Fsp3) is 0.500. The Bertz CT molecular complexity index is 610. The number of nitrogen functional groups attached to an aromatic ring is 1. The normalized spacial score (nSPS) is 13.8. The highest BCUT2D eigenvalue weighted by molar-refractivity contribution is 9.10. The molecule has 0 amide bonds. The van der Waals surface area contributed by atoms with Gasteiger partial charge in [-0.2, -0.15) is 4.31 Å². The Morgan fingerprint density at radius 3 is 2.50 bits per heavy atom. The van der Waals surface area contributed by atoms with E-state index in [1.165, 1.54) is 4.31 Å². The summed E-state index contributed by atoms with van der Waals surface area (Å²) < 4.78 is 40.7. The number of nitrogens with two attached hydrogens (primary N) is 1. The highest BCUT2D eigenvalue weighted by atomic mass is 79.9. The lowest BCUT2D eigenvalue weighted by atomic mass is 10.3. The van der Waals surface area contributed by atoms with E-state index in [2.05, 4.69) is 15.9 Å². The van der Waals surface area contributed by atoms with E-state index in [4.69, 9.17) is 17.3 Å². The summed E-state index contributed by atoms with van der Waals surface area (Å²) in [7, 11) is -3.98. The van der Waals surface area contributed by atoms with Gasteiger partial charge < -0.3 is 5.73 Å². The molecule has 2 N–H and O–H groups in total. The lowest BCUT2D eigenvalue weighted by molar-refractivity contribution is 0.341. The third kappa shape index (κ3) is 3.10. The van der Waals surface area contributed by atoms with Crippen molar-refractivity contribution in [2.24, 2.45) is 0 Å². The Morgan fingerprint density at radius 2 is 2.05 bits per heavy atom. The lowest BCUT2D eigenvalue weighted by Crippen LogP contribution is -2.38. The van der Waals surface area contributed by atoms with Gasteiger partial charge in [0.1, 0.15) is 4.90 Å². The summed E-state index contributed by atoms with van der Waals surface area (Å²) >= 11 is 8.90. The molecule has 1 atom stereocenters. The summed E-state index contributed by atoms with van der Waals surface area (Å²) in [5.74, 6) is -0.983. The van der Waals surface area contributed by atoms with Crippen molar-refractivity contribution in [1.82, 2.24) is 4.31 Å². The molecule has 0 aliphatic heterocycles. The van der Waals surface area contributed by atoms with Crippen molar-refractivity contribution in [2.75, 3.05) is 12.3 Å². The van der Waals surface area contributed by atoms with Gasteiger partial charge in [-0.3, -0.25) is 0 Å². The van der Waals surface area contributed by atoms with Crippen LogP contribution in [0.1, 0.15) is 27.2 Å². The number of rotatable bonds is 5. The molecule has 0 saturated carbocycles. The van der Waals surface area contributed by atoms with Crippen molar-refractivity contribution in [1.29, 1.82) is 0 Å². The van der Waals surface area contributed by atoms with Gasteiger partial charge in [-0.1, -0.05) is 25.4 Å². The van der Waals surface area contributed by atoms with Gasteiger partial charge in [-0.25, -0.2) is 12.8 Å². The molecule has 1 aromatic rings. The smallest absolute Gasteiger partial charge is 0.246 e. The van der Waals surface area contributed by atoms with Crippen LogP contribution in [-0.2, 0) is 10.0 Å². The maximum atomic E-state index is 14.2. The molecule has 0 aliphatic carbocycles. The van der Waals surface area contributed by atoms with Gasteiger partial charge in [-0.05, 0) is 35.3 Å². The first-order chi connectivity index (χ1) is 9.18. The molecule has 0 spiro atoms. The Morgan fingerprint density at radius 1 is 1.50 bits per heavy atom. The van der Waals surface area contributed by atoms with E-state index in [1.54, 1.807) is 13.8 Å². The predicted molar refractivity (Wildman–Crippen MR) is 82.8 cm³/mol. The molecule has 1 aromatic carbocycles. The van der Waals surface area contributed by atoms with Gasteiger partial charge in [0.25, 0.3) is 0 Å². The summed E-state index contributed by atoms with van der Waals surface area (Å²) in [6.45, 7) is 5.57. The van der Waals surface area contributed by atoms with Gasteiger partial charge in [0.15, 0.2) is 5.82 Å². The number of halogens is 3. The molecule has 1 rings (SSSR count). The van der Waals surface area contributed by atoms with Gasteiger partial charge in [0.2, 0.25) is 10.0 Å². The van der Waals surface area contributed by atoms with Crippen LogP contribution < -0.4 is 5.73 Å². The molecule has 8 heteroatoms. The van der Waals surface area contributed by atoms with Crippen molar-refractivity contribution in [3.8, 4) is 0 Å². The standard InChI is InChI=1S/C12H17BrClFN2O2S/c1-4-7(3)17(5-2)20(18,19)9-6-8(14)10(13)12(16)11(9)15/h6-7H,4-5,16H2,1-3H3. The molecule has 0 aliphatic rings. The van der Waals surface area contributed by atoms with Crippen molar-refractivity contribution in [3.05, 3.63) is 21.4 Å². The van der Waals surface area contributed by atoms with E-state index < -0.39 is 20.7 Å². The minimum Gasteiger partial charge on any atom is -0.395 e. The van der Waals surface area contributed by atoms with Crippen LogP contribution in [0.2, 0.25) is 5.02 Å². The zero-order valence-electron chi connectivity index (χ0n) is 11.5. The molecule has 0 bridgehead atoms. The first-order valence-electron chi connectivity index (χ1n) is 6.13. The molecule has 0 radical (unpaired) electrons. The average molecular weight is 388 g/mol. The van der Waals surface area contributed by atoms with Gasteiger partial charge >= 0.3 is 0 Å². The number of hydrogen-bond donors (Lipinski definition) is 1. The molecule has 4 nitrogen and oxygen atoms in total. The molecular weight excluding hydrogens is 371 g/mol. The van der Waals surface area contributed by atoms with Crippen LogP contribution >= 0.6 is 27.5 Å². The number of anilines is 1. The van der Waals surface area contributed by atoms with Crippen LogP contribution in [0.25, 0.3) is 0 Å². The predicted octanol–water partition coefficient (Wildman–Crippen LogP) is 3.63. The van der Waals surface area contributed by atoms with Gasteiger partial charge in [0.05, 0.1) is 15.2 Å². The SMILES string of the molecule is CCC(C)N(CC)S(=O)(=O)c1cc(Cl)c(Br)c(N)c1F. The summed E-state index contributed by atoms with van der Waals surface area (Å²) in [6.07, 6.45) is 0.619. The summed E-state index contributed by atoms with van der Waals surface area (Å²) in [6, 6.07) is 0.839. The fourth-order valence-corrected chi connectivity index (χ4v) is 4.22. The maximum absolute atomic E-state index is 14.2. The van der Waals surface area contributed by atoms with E-state index in [1.807, 2.05) is 6.92 Å². The summed E-state index contributed by atoms with van der Waals surface area (Å²) in [5, 5.41) is 0.0580. The van der Waals surface area contributed by atoms with E-state index in [-0.39, 0.29) is 27.8 Å². The molecule has 114 valence electrons. The third-order valence-electron chi connectivity index (χ3n) is 3.14. The molecule has 1 unspecified atom stereocenters. The second-order valence-corrected chi connectivity index (χ2v) is 7.42. The van der Waals surface area contributed by atoms with E-state index >= 15 is 0 Å². The first kappa shape index (κ1) is 17.7. The summed E-state index contributed by atoms with van der Waals surface area (Å²) in [5.41, 5.74) is 5.23. The Balaban J connectivity index is 3.50. The molecule has 20 heavy (non-hydrogen) atoms. The van der Waals surface area contributed by atoms with Gasteiger partial charge in [-0.15, -0.1) is 0 Å². The summed E-state index contributed by atoms with van der Waals surface area (Å²) in [4.78, 5) is -0.495. The third-order valence-corrected chi connectivity index (χ3v) is 6.61. The molecule has 0 fully saturated rings. The zero-order chi connectivity index (χ0) is 15.7. The highest BCUT2D eigenvalue weighted by Crippen LogP contribution is 2.36. The van der Waals surface area contributed by atoms with Crippen molar-refractivity contribution >= 4 is 43.2 Å². The first-order valence-corrected chi connectivity index (χ1v) is 8.74. The van der Waals surface area contributed by atoms with Crippen LogP contribution in [0, 0.1) is 5.82 Å². The fourth-order valence-electron chi connectivity index (χ4n) is 1.84. The van der Waals surface area contributed by atoms with Crippen LogP contribution in [0.4, 0.5) is 10.1 Å². The Kier molecular flexibility index (Phi) is 5.83. The molecule has 0 aromatic heterocycles. The van der Waals surface area contributed by atoms with Crippen LogP contribution in [0.3, 0.4) is 0 Å². The van der Waals surface area contributed by atoms with E-state index in [0.717, 1.165) is 6.07 Å².